The minimum absolute atomic E-state index is 0.0405. The monoisotopic (exact) mass is 185 g/mol. The van der Waals surface area contributed by atoms with E-state index >= 15 is 0 Å². The van der Waals surface area contributed by atoms with E-state index in [1.54, 1.807) is 6.92 Å². The second-order valence-corrected chi connectivity index (χ2v) is 4.00. The number of rotatable bonds is 1. The van der Waals surface area contributed by atoms with Gasteiger partial charge in [0, 0.05) is 19.1 Å². The molecule has 1 aliphatic rings. The molecule has 0 aliphatic carbocycles. The van der Waals surface area contributed by atoms with E-state index in [-0.39, 0.29) is 18.0 Å². The largest absolute Gasteiger partial charge is 0.341 e. The van der Waals surface area contributed by atoms with E-state index in [4.69, 9.17) is 11.5 Å². The maximum atomic E-state index is 11.5. The molecule has 4 nitrogen and oxygen atoms in total. The standard InChI is InChI=1S/C9H19N3O/c1-6-5-12(4-3-8(6)11)9(13)7(2)10/h6-8H,3-5,10-11H2,1-2H3/t6?,7-,8?/m0/s1. The topological polar surface area (TPSA) is 72.3 Å². The van der Waals surface area contributed by atoms with Crippen LogP contribution in [0.15, 0.2) is 0 Å². The van der Waals surface area contributed by atoms with Crippen LogP contribution < -0.4 is 11.5 Å². The van der Waals surface area contributed by atoms with Gasteiger partial charge in [0.15, 0.2) is 0 Å². The van der Waals surface area contributed by atoms with Gasteiger partial charge in [0.1, 0.15) is 0 Å². The lowest BCUT2D eigenvalue weighted by atomic mass is 9.94. The highest BCUT2D eigenvalue weighted by molar-refractivity contribution is 5.81. The van der Waals surface area contributed by atoms with Crippen molar-refractivity contribution in [2.45, 2.75) is 32.4 Å². The summed E-state index contributed by atoms with van der Waals surface area (Å²) >= 11 is 0. The van der Waals surface area contributed by atoms with Crippen molar-refractivity contribution in [2.75, 3.05) is 13.1 Å². The fourth-order valence-electron chi connectivity index (χ4n) is 1.65. The van der Waals surface area contributed by atoms with Crippen molar-refractivity contribution in [2.24, 2.45) is 17.4 Å². The number of hydrogen-bond acceptors (Lipinski definition) is 3. The van der Waals surface area contributed by atoms with Gasteiger partial charge in [-0.25, -0.2) is 0 Å². The maximum Gasteiger partial charge on any atom is 0.239 e. The van der Waals surface area contributed by atoms with Gasteiger partial charge in [-0.15, -0.1) is 0 Å². The first-order valence-corrected chi connectivity index (χ1v) is 4.82. The number of amides is 1. The smallest absolute Gasteiger partial charge is 0.239 e. The number of piperidine rings is 1. The first-order valence-electron chi connectivity index (χ1n) is 4.82. The summed E-state index contributed by atoms with van der Waals surface area (Å²) in [5, 5.41) is 0. The van der Waals surface area contributed by atoms with Crippen molar-refractivity contribution in [1.29, 1.82) is 0 Å². The van der Waals surface area contributed by atoms with Gasteiger partial charge < -0.3 is 16.4 Å². The van der Waals surface area contributed by atoms with Crippen molar-refractivity contribution in [3.8, 4) is 0 Å². The predicted molar refractivity (Wildman–Crippen MR) is 52.0 cm³/mol. The van der Waals surface area contributed by atoms with Gasteiger partial charge in [-0.05, 0) is 19.3 Å². The fraction of sp³-hybridized carbons (Fsp3) is 0.889. The number of likely N-dealkylation sites (tertiary alicyclic amines) is 1. The Morgan fingerprint density at radius 2 is 2.23 bits per heavy atom. The van der Waals surface area contributed by atoms with Gasteiger partial charge in [-0.3, -0.25) is 4.79 Å². The molecule has 0 radical (unpaired) electrons. The van der Waals surface area contributed by atoms with Crippen LogP contribution in [0.25, 0.3) is 0 Å². The minimum Gasteiger partial charge on any atom is -0.341 e. The Labute approximate surface area is 79.3 Å². The highest BCUT2D eigenvalue weighted by atomic mass is 16.2. The molecule has 0 spiro atoms. The second-order valence-electron chi connectivity index (χ2n) is 4.00. The zero-order valence-electron chi connectivity index (χ0n) is 8.36. The number of carbonyl (C=O) groups excluding carboxylic acids is 1. The van der Waals surface area contributed by atoms with E-state index < -0.39 is 0 Å². The van der Waals surface area contributed by atoms with Crippen molar-refractivity contribution in [3.05, 3.63) is 0 Å². The molecular formula is C9H19N3O. The summed E-state index contributed by atoms with van der Waals surface area (Å²) in [7, 11) is 0. The Bertz CT molecular complexity index is 193. The summed E-state index contributed by atoms with van der Waals surface area (Å²) in [6, 6.07) is -0.154. The highest BCUT2D eigenvalue weighted by Gasteiger charge is 2.27. The van der Waals surface area contributed by atoms with Crippen LogP contribution in [0.2, 0.25) is 0 Å². The quantitative estimate of drug-likeness (QED) is 0.580. The summed E-state index contributed by atoms with van der Waals surface area (Å²) in [5.74, 6) is 0.426. The summed E-state index contributed by atoms with van der Waals surface area (Å²) < 4.78 is 0. The zero-order chi connectivity index (χ0) is 10.0. The van der Waals surface area contributed by atoms with Crippen LogP contribution in [0.1, 0.15) is 20.3 Å². The van der Waals surface area contributed by atoms with Crippen LogP contribution >= 0.6 is 0 Å². The average Bonchev–Trinajstić information content (AvgIpc) is 2.08. The molecule has 1 aliphatic heterocycles. The SMILES string of the molecule is CC1CN(C(=O)[C@H](C)N)CCC1N. The Kier molecular flexibility index (Phi) is 3.27. The summed E-state index contributed by atoms with van der Waals surface area (Å²) in [5.41, 5.74) is 11.4. The normalized spacial score (nSPS) is 31.5. The van der Waals surface area contributed by atoms with Crippen LogP contribution in [0.3, 0.4) is 0 Å². The van der Waals surface area contributed by atoms with Crippen LogP contribution in [0, 0.1) is 5.92 Å². The summed E-state index contributed by atoms with van der Waals surface area (Å²) in [6.07, 6.45) is 0.889. The lowest BCUT2D eigenvalue weighted by molar-refractivity contribution is -0.134. The van der Waals surface area contributed by atoms with Crippen LogP contribution in [-0.4, -0.2) is 36.0 Å². The second kappa shape index (κ2) is 4.07. The van der Waals surface area contributed by atoms with Gasteiger partial charge in [0.05, 0.1) is 6.04 Å². The summed E-state index contributed by atoms with van der Waals surface area (Å²) in [6.45, 7) is 5.31. The molecule has 1 amide bonds. The van der Waals surface area contributed by atoms with Crippen molar-refractivity contribution < 1.29 is 4.79 Å². The molecule has 0 saturated carbocycles. The lowest BCUT2D eigenvalue weighted by Crippen LogP contribution is -2.51. The Balaban J connectivity index is 2.50. The molecule has 4 N–H and O–H groups in total. The molecule has 0 aromatic rings. The molecule has 13 heavy (non-hydrogen) atoms. The van der Waals surface area contributed by atoms with Crippen molar-refractivity contribution in [1.82, 2.24) is 4.90 Å². The molecule has 2 unspecified atom stereocenters. The third-order valence-electron chi connectivity index (χ3n) is 2.67. The van der Waals surface area contributed by atoms with Gasteiger partial charge in [-0.2, -0.15) is 0 Å². The molecule has 1 rings (SSSR count). The number of nitrogens with zero attached hydrogens (tertiary/aromatic N) is 1. The Morgan fingerprint density at radius 1 is 1.62 bits per heavy atom. The minimum atomic E-state index is -0.387. The third kappa shape index (κ3) is 2.42. The van der Waals surface area contributed by atoms with E-state index in [1.807, 2.05) is 4.90 Å². The fourth-order valence-corrected chi connectivity index (χ4v) is 1.65. The maximum absolute atomic E-state index is 11.5. The van der Waals surface area contributed by atoms with E-state index in [9.17, 15) is 4.79 Å². The molecule has 1 fully saturated rings. The van der Waals surface area contributed by atoms with Gasteiger partial charge in [0.25, 0.3) is 0 Å². The zero-order valence-corrected chi connectivity index (χ0v) is 8.36. The Morgan fingerprint density at radius 3 is 2.69 bits per heavy atom. The molecule has 4 heteroatoms. The van der Waals surface area contributed by atoms with Crippen LogP contribution in [0.4, 0.5) is 0 Å². The van der Waals surface area contributed by atoms with E-state index in [1.165, 1.54) is 0 Å². The van der Waals surface area contributed by atoms with Crippen molar-refractivity contribution >= 4 is 5.91 Å². The molecule has 1 heterocycles. The number of hydrogen-bond donors (Lipinski definition) is 2. The first kappa shape index (κ1) is 10.5. The van der Waals surface area contributed by atoms with Gasteiger partial charge in [0.2, 0.25) is 5.91 Å². The Hall–Kier alpha value is -0.610. The molecule has 3 atom stereocenters. The first-order chi connectivity index (χ1) is 6.02. The predicted octanol–water partition coefficient (Wildman–Crippen LogP) is -0.471. The van der Waals surface area contributed by atoms with Crippen molar-refractivity contribution in [3.63, 3.8) is 0 Å². The number of nitrogens with two attached hydrogens (primary N) is 2. The molecule has 1 saturated heterocycles. The van der Waals surface area contributed by atoms with Crippen LogP contribution in [0.5, 0.6) is 0 Å². The van der Waals surface area contributed by atoms with E-state index in [0.717, 1.165) is 19.5 Å². The van der Waals surface area contributed by atoms with Gasteiger partial charge in [-0.1, -0.05) is 6.92 Å². The lowest BCUT2D eigenvalue weighted by Gasteiger charge is -2.35. The molecule has 0 bridgehead atoms. The van der Waals surface area contributed by atoms with E-state index in [0.29, 0.717) is 5.92 Å². The summed E-state index contributed by atoms with van der Waals surface area (Å²) in [4.78, 5) is 13.3. The third-order valence-corrected chi connectivity index (χ3v) is 2.67. The van der Waals surface area contributed by atoms with Gasteiger partial charge >= 0.3 is 0 Å². The molecular weight excluding hydrogens is 166 g/mol. The molecule has 0 aromatic heterocycles. The van der Waals surface area contributed by atoms with Crippen LogP contribution in [-0.2, 0) is 4.79 Å². The number of carbonyl (C=O) groups is 1. The molecule has 0 aromatic carbocycles. The average molecular weight is 185 g/mol. The highest BCUT2D eigenvalue weighted by Crippen LogP contribution is 2.15. The van der Waals surface area contributed by atoms with E-state index in [2.05, 4.69) is 6.92 Å². The molecule has 76 valence electrons.